The van der Waals surface area contributed by atoms with Crippen LogP contribution in [0.4, 0.5) is 4.79 Å². The Morgan fingerprint density at radius 1 is 1.42 bits per heavy atom. The van der Waals surface area contributed by atoms with E-state index in [0.29, 0.717) is 13.0 Å². The second-order valence-corrected chi connectivity index (χ2v) is 5.97. The van der Waals surface area contributed by atoms with Gasteiger partial charge in [0.1, 0.15) is 6.04 Å². The zero-order valence-corrected chi connectivity index (χ0v) is 11.7. The maximum atomic E-state index is 12.2. The number of nitrogens with one attached hydrogen (secondary N) is 1. The molecule has 3 unspecified atom stereocenters. The molecule has 1 aliphatic heterocycles. The smallest absolute Gasteiger partial charge is 0.326 e. The number of methoxy groups -OCH3 is 1. The Kier molecular flexibility index (Phi) is 3.71. The highest BCUT2D eigenvalue weighted by Crippen LogP contribution is 2.42. The highest BCUT2D eigenvalue weighted by molar-refractivity contribution is 5.83. The number of ether oxygens (including phenoxy) is 1. The molecule has 6 nitrogen and oxygen atoms in total. The van der Waals surface area contributed by atoms with Crippen LogP contribution in [0.3, 0.4) is 0 Å². The molecule has 2 fully saturated rings. The van der Waals surface area contributed by atoms with Gasteiger partial charge >= 0.3 is 12.0 Å². The van der Waals surface area contributed by atoms with Crippen LogP contribution in [-0.2, 0) is 9.53 Å². The molecule has 1 saturated carbocycles. The Morgan fingerprint density at radius 3 is 2.63 bits per heavy atom. The molecule has 1 heterocycles. The summed E-state index contributed by atoms with van der Waals surface area (Å²) in [5.74, 6) is -0.921. The van der Waals surface area contributed by atoms with Crippen LogP contribution in [0.15, 0.2) is 0 Å². The van der Waals surface area contributed by atoms with Crippen molar-refractivity contribution in [2.24, 2.45) is 5.41 Å². The maximum Gasteiger partial charge on any atom is 0.326 e. The first-order chi connectivity index (χ1) is 8.87. The summed E-state index contributed by atoms with van der Waals surface area (Å²) in [5.41, 5.74) is -0.108. The van der Waals surface area contributed by atoms with Crippen LogP contribution in [0.2, 0.25) is 0 Å². The lowest BCUT2D eigenvalue weighted by Gasteiger charge is -2.51. The Morgan fingerprint density at radius 2 is 2.11 bits per heavy atom. The van der Waals surface area contributed by atoms with Gasteiger partial charge in [0.05, 0.1) is 6.10 Å². The van der Waals surface area contributed by atoms with Gasteiger partial charge in [0.2, 0.25) is 0 Å². The number of urea groups is 1. The summed E-state index contributed by atoms with van der Waals surface area (Å²) in [7, 11) is 1.67. The predicted octanol–water partition coefficient (Wildman–Crippen LogP) is 1.06. The molecule has 2 N–H and O–H groups in total. The highest BCUT2D eigenvalue weighted by atomic mass is 16.5. The first-order valence-corrected chi connectivity index (χ1v) is 6.70. The van der Waals surface area contributed by atoms with Gasteiger partial charge in [-0.15, -0.1) is 0 Å². The molecule has 2 aliphatic rings. The number of nitrogens with zero attached hydrogens (tertiary/aromatic N) is 1. The van der Waals surface area contributed by atoms with Gasteiger partial charge in [0, 0.05) is 25.1 Å². The monoisotopic (exact) mass is 270 g/mol. The second-order valence-electron chi connectivity index (χ2n) is 5.97. The van der Waals surface area contributed by atoms with Crippen LogP contribution in [0, 0.1) is 5.41 Å². The fourth-order valence-electron chi connectivity index (χ4n) is 3.03. The molecule has 0 aromatic rings. The lowest BCUT2D eigenvalue weighted by Crippen LogP contribution is -2.63. The van der Waals surface area contributed by atoms with Crippen molar-refractivity contribution in [2.45, 2.75) is 51.3 Å². The molecular formula is C13H22N2O4. The number of carboxylic acid groups (broad SMARTS) is 1. The number of likely N-dealkylation sites (tertiary alicyclic amines) is 1. The van der Waals surface area contributed by atoms with Crippen LogP contribution >= 0.6 is 0 Å². The maximum absolute atomic E-state index is 12.2. The molecule has 0 spiro atoms. The molecule has 0 radical (unpaired) electrons. The van der Waals surface area contributed by atoms with Gasteiger partial charge in [-0.25, -0.2) is 9.59 Å². The van der Waals surface area contributed by atoms with Crippen molar-refractivity contribution in [3.05, 3.63) is 0 Å². The van der Waals surface area contributed by atoms with Crippen LogP contribution < -0.4 is 5.32 Å². The summed E-state index contributed by atoms with van der Waals surface area (Å²) in [6, 6.07) is -0.904. The minimum absolute atomic E-state index is 0.0417. The van der Waals surface area contributed by atoms with E-state index in [-0.39, 0.29) is 23.6 Å². The lowest BCUT2D eigenvalue weighted by atomic mass is 9.64. The summed E-state index contributed by atoms with van der Waals surface area (Å²) in [5, 5.41) is 12.0. The average molecular weight is 270 g/mol. The third kappa shape index (κ3) is 2.41. The first kappa shape index (κ1) is 14.1. The quantitative estimate of drug-likeness (QED) is 0.803. The minimum atomic E-state index is -0.921. The topological polar surface area (TPSA) is 78.9 Å². The number of aliphatic carboxylic acids is 1. The molecule has 108 valence electrons. The van der Waals surface area contributed by atoms with Crippen molar-refractivity contribution in [1.82, 2.24) is 10.2 Å². The van der Waals surface area contributed by atoms with E-state index in [1.807, 2.05) is 13.8 Å². The Balaban J connectivity index is 1.94. The van der Waals surface area contributed by atoms with Crippen molar-refractivity contribution in [2.75, 3.05) is 13.7 Å². The molecule has 0 bridgehead atoms. The van der Waals surface area contributed by atoms with Gasteiger partial charge in [0.15, 0.2) is 0 Å². The standard InChI is InChI=1S/C13H22N2O4/c1-13(2)9(7-10(13)19-3)14-12(18)15-6-4-5-8(15)11(16)17/h8-10H,4-7H2,1-3H3,(H,14,18)(H,16,17). The number of hydrogen-bond donors (Lipinski definition) is 2. The molecule has 19 heavy (non-hydrogen) atoms. The molecule has 2 amide bonds. The largest absolute Gasteiger partial charge is 0.480 e. The zero-order chi connectivity index (χ0) is 14.2. The van der Waals surface area contributed by atoms with Gasteiger partial charge in [0.25, 0.3) is 0 Å². The molecule has 1 aliphatic carbocycles. The van der Waals surface area contributed by atoms with Crippen molar-refractivity contribution >= 4 is 12.0 Å². The molecule has 3 atom stereocenters. The summed E-state index contributed by atoms with van der Waals surface area (Å²) < 4.78 is 5.34. The van der Waals surface area contributed by atoms with E-state index in [9.17, 15) is 9.59 Å². The van der Waals surface area contributed by atoms with Crippen molar-refractivity contribution < 1.29 is 19.4 Å². The van der Waals surface area contributed by atoms with E-state index in [0.717, 1.165) is 12.8 Å². The normalized spacial score (nSPS) is 32.8. The van der Waals surface area contributed by atoms with Crippen molar-refractivity contribution in [3.63, 3.8) is 0 Å². The van der Waals surface area contributed by atoms with Crippen molar-refractivity contribution in [3.8, 4) is 0 Å². The third-order valence-corrected chi connectivity index (χ3v) is 4.56. The van der Waals surface area contributed by atoms with E-state index in [4.69, 9.17) is 9.84 Å². The van der Waals surface area contributed by atoms with Gasteiger partial charge < -0.3 is 20.1 Å². The Bertz CT molecular complexity index is 383. The SMILES string of the molecule is COC1CC(NC(=O)N2CCCC2C(=O)O)C1(C)C. The molecule has 2 rings (SSSR count). The van der Waals surface area contributed by atoms with E-state index in [2.05, 4.69) is 5.32 Å². The number of carbonyl (C=O) groups excluding carboxylic acids is 1. The number of carboxylic acids is 1. The second kappa shape index (κ2) is 5.00. The molecule has 0 aromatic heterocycles. The first-order valence-electron chi connectivity index (χ1n) is 6.70. The number of hydrogen-bond acceptors (Lipinski definition) is 3. The fraction of sp³-hybridized carbons (Fsp3) is 0.846. The highest BCUT2D eigenvalue weighted by Gasteiger charge is 2.50. The number of rotatable bonds is 3. The molecule has 0 aromatic carbocycles. The third-order valence-electron chi connectivity index (χ3n) is 4.56. The van der Waals surface area contributed by atoms with E-state index in [1.165, 1.54) is 4.90 Å². The fourth-order valence-corrected chi connectivity index (χ4v) is 3.03. The molecular weight excluding hydrogens is 248 g/mol. The number of carbonyl (C=O) groups is 2. The summed E-state index contributed by atoms with van der Waals surface area (Å²) >= 11 is 0. The van der Waals surface area contributed by atoms with Gasteiger partial charge in [-0.3, -0.25) is 0 Å². The Labute approximate surface area is 113 Å². The summed E-state index contributed by atoms with van der Waals surface area (Å²) in [4.78, 5) is 24.7. The van der Waals surface area contributed by atoms with Crippen LogP contribution in [-0.4, -0.2) is 53.8 Å². The van der Waals surface area contributed by atoms with Gasteiger partial charge in [-0.05, 0) is 19.3 Å². The Hall–Kier alpha value is -1.30. The van der Waals surface area contributed by atoms with Crippen molar-refractivity contribution in [1.29, 1.82) is 0 Å². The molecule has 1 saturated heterocycles. The average Bonchev–Trinajstić information content (AvgIpc) is 2.82. The van der Waals surface area contributed by atoms with Crippen LogP contribution in [0.5, 0.6) is 0 Å². The zero-order valence-electron chi connectivity index (χ0n) is 11.7. The summed E-state index contributed by atoms with van der Waals surface area (Å²) in [6.07, 6.45) is 2.21. The van der Waals surface area contributed by atoms with E-state index < -0.39 is 12.0 Å². The molecule has 6 heteroatoms. The predicted molar refractivity (Wildman–Crippen MR) is 68.9 cm³/mol. The van der Waals surface area contributed by atoms with E-state index in [1.54, 1.807) is 7.11 Å². The lowest BCUT2D eigenvalue weighted by molar-refractivity contribution is -0.141. The van der Waals surface area contributed by atoms with E-state index >= 15 is 0 Å². The van der Waals surface area contributed by atoms with Gasteiger partial charge in [-0.1, -0.05) is 13.8 Å². The van der Waals surface area contributed by atoms with Gasteiger partial charge in [-0.2, -0.15) is 0 Å². The van der Waals surface area contributed by atoms with Crippen LogP contribution in [0.1, 0.15) is 33.1 Å². The summed E-state index contributed by atoms with van der Waals surface area (Å²) in [6.45, 7) is 4.62. The van der Waals surface area contributed by atoms with Crippen LogP contribution in [0.25, 0.3) is 0 Å². The number of amides is 2. The minimum Gasteiger partial charge on any atom is -0.480 e.